The minimum Gasteiger partial charge on any atom is -0.480 e. The molecule has 0 fully saturated rings. The maximum atomic E-state index is 12.2. The van der Waals surface area contributed by atoms with Crippen LogP contribution in [0.3, 0.4) is 0 Å². The van der Waals surface area contributed by atoms with E-state index < -0.39 is 30.6 Å². The quantitative estimate of drug-likeness (QED) is 0.789. The van der Waals surface area contributed by atoms with E-state index in [1.165, 1.54) is 0 Å². The van der Waals surface area contributed by atoms with Crippen LogP contribution in [0.25, 0.3) is 0 Å². The molecular weight excluding hydrogens is 300 g/mol. The molecule has 2 amide bonds. The summed E-state index contributed by atoms with van der Waals surface area (Å²) >= 11 is 0. The van der Waals surface area contributed by atoms with Gasteiger partial charge in [0.1, 0.15) is 13.2 Å². The lowest BCUT2D eigenvalue weighted by Crippen LogP contribution is -2.49. The van der Waals surface area contributed by atoms with Gasteiger partial charge in [0.15, 0.2) is 0 Å². The van der Waals surface area contributed by atoms with Crippen molar-refractivity contribution in [1.29, 1.82) is 0 Å². The fourth-order valence-electron chi connectivity index (χ4n) is 1.97. The first kappa shape index (κ1) is 18.6. The second-order valence-electron chi connectivity index (χ2n) is 5.59. The predicted molar refractivity (Wildman–Crippen MR) is 83.4 cm³/mol. The summed E-state index contributed by atoms with van der Waals surface area (Å²) in [5.74, 6) is -1.92. The Morgan fingerprint density at radius 1 is 1.22 bits per heavy atom. The van der Waals surface area contributed by atoms with Gasteiger partial charge in [0, 0.05) is 0 Å². The molecule has 1 aromatic rings. The van der Waals surface area contributed by atoms with Gasteiger partial charge in [0.25, 0.3) is 0 Å². The second kappa shape index (κ2) is 8.89. The molecule has 0 aromatic heterocycles. The van der Waals surface area contributed by atoms with Crippen LogP contribution in [0.2, 0.25) is 0 Å². The molecule has 0 saturated heterocycles. The summed E-state index contributed by atoms with van der Waals surface area (Å²) in [7, 11) is 0. The van der Waals surface area contributed by atoms with Crippen LogP contribution >= 0.6 is 0 Å². The van der Waals surface area contributed by atoms with Crippen molar-refractivity contribution >= 4 is 18.0 Å². The molecule has 0 aliphatic rings. The van der Waals surface area contributed by atoms with Gasteiger partial charge < -0.3 is 15.6 Å². The zero-order valence-corrected chi connectivity index (χ0v) is 13.3. The molecule has 0 spiro atoms. The van der Waals surface area contributed by atoms with E-state index >= 15 is 0 Å². The summed E-state index contributed by atoms with van der Waals surface area (Å²) in [6.45, 7) is 2.92. The largest absolute Gasteiger partial charge is 0.480 e. The summed E-state index contributed by atoms with van der Waals surface area (Å²) in [6.07, 6.45) is -0.665. The van der Waals surface area contributed by atoms with E-state index in [1.54, 1.807) is 24.3 Å². The Balaban J connectivity index is 2.73. The van der Waals surface area contributed by atoms with Crippen LogP contribution in [0.15, 0.2) is 30.3 Å². The summed E-state index contributed by atoms with van der Waals surface area (Å²) in [5, 5.41) is 8.89. The summed E-state index contributed by atoms with van der Waals surface area (Å²) in [5.41, 5.74) is 6.48. The van der Waals surface area contributed by atoms with Crippen LogP contribution in [-0.2, 0) is 20.9 Å². The van der Waals surface area contributed by atoms with Gasteiger partial charge in [0.2, 0.25) is 5.91 Å². The van der Waals surface area contributed by atoms with Crippen molar-refractivity contribution in [3.8, 4) is 0 Å². The molecule has 0 heterocycles. The Kier molecular flexibility index (Phi) is 7.21. The number of hydrogen-bond donors (Lipinski definition) is 2. The van der Waals surface area contributed by atoms with Gasteiger partial charge in [-0.2, -0.15) is 0 Å². The van der Waals surface area contributed by atoms with Crippen LogP contribution < -0.4 is 5.73 Å². The van der Waals surface area contributed by atoms with E-state index in [2.05, 4.69) is 0 Å². The molecule has 0 bridgehead atoms. The molecule has 0 saturated carbocycles. The topological polar surface area (TPSA) is 110 Å². The van der Waals surface area contributed by atoms with Crippen molar-refractivity contribution in [2.24, 2.45) is 11.7 Å². The van der Waals surface area contributed by atoms with Crippen molar-refractivity contribution < 1.29 is 24.2 Å². The third-order valence-corrected chi connectivity index (χ3v) is 3.03. The number of nitrogens with zero attached hydrogens (tertiary/aromatic N) is 1. The summed E-state index contributed by atoms with van der Waals surface area (Å²) < 4.78 is 5.01. The van der Waals surface area contributed by atoms with Crippen LogP contribution in [0, 0.1) is 5.92 Å². The van der Waals surface area contributed by atoms with E-state index in [9.17, 15) is 14.4 Å². The first-order valence-electron chi connectivity index (χ1n) is 7.30. The summed E-state index contributed by atoms with van der Waals surface area (Å²) in [6, 6.07) is 7.93. The lowest BCUT2D eigenvalue weighted by atomic mass is 10.0. The Bertz CT molecular complexity index is 545. The lowest BCUT2D eigenvalue weighted by molar-refractivity contribution is -0.144. The van der Waals surface area contributed by atoms with Crippen LogP contribution in [0.1, 0.15) is 25.8 Å². The highest BCUT2D eigenvalue weighted by Gasteiger charge is 2.30. The molecule has 0 radical (unpaired) electrons. The van der Waals surface area contributed by atoms with Crippen molar-refractivity contribution in [2.75, 3.05) is 6.54 Å². The number of carbonyl (C=O) groups is 3. The maximum Gasteiger partial charge on any atom is 0.417 e. The highest BCUT2D eigenvalue weighted by Crippen LogP contribution is 2.09. The molecule has 1 aromatic carbocycles. The third kappa shape index (κ3) is 6.48. The molecule has 0 aliphatic heterocycles. The molecule has 23 heavy (non-hydrogen) atoms. The summed E-state index contributed by atoms with van der Waals surface area (Å²) in [4.78, 5) is 35.7. The Hall–Kier alpha value is -2.41. The lowest BCUT2D eigenvalue weighted by Gasteiger charge is -2.22. The molecule has 7 nitrogen and oxygen atoms in total. The molecule has 1 unspecified atom stereocenters. The number of rotatable bonds is 7. The highest BCUT2D eigenvalue weighted by atomic mass is 16.6. The number of imide groups is 1. The number of benzene rings is 1. The zero-order valence-electron chi connectivity index (χ0n) is 13.3. The zero-order chi connectivity index (χ0) is 17.4. The molecule has 3 N–H and O–H groups in total. The number of nitrogens with two attached hydrogens (primary N) is 1. The SMILES string of the molecule is CC(C)CC(N)C(=O)N(CC(=O)O)C(=O)OCc1ccccc1. The number of hydrogen-bond acceptors (Lipinski definition) is 5. The Morgan fingerprint density at radius 2 is 1.83 bits per heavy atom. The normalized spacial score (nSPS) is 11.8. The average molecular weight is 322 g/mol. The Labute approximate surface area is 135 Å². The van der Waals surface area contributed by atoms with Crippen molar-refractivity contribution in [2.45, 2.75) is 32.9 Å². The molecule has 1 rings (SSSR count). The van der Waals surface area contributed by atoms with E-state index in [0.29, 0.717) is 11.3 Å². The average Bonchev–Trinajstić information content (AvgIpc) is 2.49. The van der Waals surface area contributed by atoms with Gasteiger partial charge in [-0.05, 0) is 17.9 Å². The van der Waals surface area contributed by atoms with Crippen LogP contribution in [-0.4, -0.2) is 40.6 Å². The molecule has 126 valence electrons. The van der Waals surface area contributed by atoms with Crippen LogP contribution in [0.4, 0.5) is 4.79 Å². The molecular formula is C16H22N2O5. The van der Waals surface area contributed by atoms with E-state index in [-0.39, 0.29) is 12.5 Å². The van der Waals surface area contributed by atoms with Gasteiger partial charge >= 0.3 is 12.1 Å². The number of aliphatic carboxylic acids is 1. The number of carbonyl (C=O) groups excluding carboxylic acids is 2. The minimum atomic E-state index is -1.31. The van der Waals surface area contributed by atoms with Crippen molar-refractivity contribution in [1.82, 2.24) is 4.90 Å². The van der Waals surface area contributed by atoms with Crippen molar-refractivity contribution in [3.05, 3.63) is 35.9 Å². The predicted octanol–water partition coefficient (Wildman–Crippen LogP) is 1.61. The van der Waals surface area contributed by atoms with Crippen LogP contribution in [0.5, 0.6) is 0 Å². The fourth-order valence-corrected chi connectivity index (χ4v) is 1.97. The first-order valence-corrected chi connectivity index (χ1v) is 7.30. The molecule has 0 aliphatic carbocycles. The van der Waals surface area contributed by atoms with Gasteiger partial charge in [-0.25, -0.2) is 9.69 Å². The minimum absolute atomic E-state index is 0.0531. The van der Waals surface area contributed by atoms with E-state index in [4.69, 9.17) is 15.6 Å². The highest BCUT2D eigenvalue weighted by molar-refractivity contribution is 5.97. The van der Waals surface area contributed by atoms with Crippen molar-refractivity contribution in [3.63, 3.8) is 0 Å². The molecule has 7 heteroatoms. The number of carboxylic acid groups (broad SMARTS) is 1. The maximum absolute atomic E-state index is 12.2. The van der Waals surface area contributed by atoms with E-state index in [1.807, 2.05) is 19.9 Å². The smallest absolute Gasteiger partial charge is 0.417 e. The first-order chi connectivity index (χ1) is 10.8. The Morgan fingerprint density at radius 3 is 2.35 bits per heavy atom. The molecule has 1 atom stereocenters. The number of amides is 2. The van der Waals surface area contributed by atoms with Gasteiger partial charge in [-0.15, -0.1) is 0 Å². The monoisotopic (exact) mass is 322 g/mol. The van der Waals surface area contributed by atoms with E-state index in [0.717, 1.165) is 5.56 Å². The number of carboxylic acids is 1. The van der Waals surface area contributed by atoms with Gasteiger partial charge in [-0.3, -0.25) is 9.59 Å². The van der Waals surface area contributed by atoms with Gasteiger partial charge in [0.05, 0.1) is 6.04 Å². The second-order valence-corrected chi connectivity index (χ2v) is 5.59. The number of ether oxygens (including phenoxy) is 1. The van der Waals surface area contributed by atoms with Gasteiger partial charge in [-0.1, -0.05) is 44.2 Å². The standard InChI is InChI=1S/C16H22N2O5/c1-11(2)8-13(17)15(21)18(9-14(19)20)16(22)23-10-12-6-4-3-5-7-12/h3-7,11,13H,8-10,17H2,1-2H3,(H,19,20). The third-order valence-electron chi connectivity index (χ3n) is 3.03. The fraction of sp³-hybridized carbons (Fsp3) is 0.438.